The maximum absolute atomic E-state index is 5.84. The van der Waals surface area contributed by atoms with Crippen LogP contribution < -0.4 is 5.19 Å². The fraction of sp³-hybridized carbons (Fsp3) is 0.579. The van der Waals surface area contributed by atoms with Gasteiger partial charge in [0.05, 0.1) is 15.4 Å². The molecule has 1 aromatic carbocycles. The molecule has 1 fully saturated rings. The summed E-state index contributed by atoms with van der Waals surface area (Å²) >= 11 is 0. The minimum absolute atomic E-state index is 0.0418. The van der Waals surface area contributed by atoms with Crippen molar-refractivity contribution < 1.29 is 9.47 Å². The molecule has 0 amide bonds. The Morgan fingerprint density at radius 3 is 2.91 bits per heavy atom. The van der Waals surface area contributed by atoms with E-state index in [1.54, 1.807) is 5.19 Å². The van der Waals surface area contributed by atoms with Crippen LogP contribution in [-0.2, 0) is 22.3 Å². The summed E-state index contributed by atoms with van der Waals surface area (Å²) in [7, 11) is -0.438. The first-order valence-electron chi connectivity index (χ1n) is 8.47. The molecule has 2 rings (SSSR count). The van der Waals surface area contributed by atoms with Gasteiger partial charge in [-0.05, 0) is 49.7 Å². The van der Waals surface area contributed by atoms with E-state index < -0.39 is 8.80 Å². The van der Waals surface area contributed by atoms with Crippen LogP contribution in [0.5, 0.6) is 0 Å². The molecule has 0 spiro atoms. The summed E-state index contributed by atoms with van der Waals surface area (Å²) < 4.78 is 11.4. The number of ether oxygens (including phenoxy) is 2. The molecule has 0 bridgehead atoms. The summed E-state index contributed by atoms with van der Waals surface area (Å²) in [5.74, 6) is 0. The molecule has 3 heteroatoms. The molecule has 0 aromatic heterocycles. The monoisotopic (exact) mass is 317 g/mol. The van der Waals surface area contributed by atoms with Crippen LogP contribution in [0, 0.1) is 0 Å². The van der Waals surface area contributed by atoms with Gasteiger partial charge in [0.15, 0.2) is 6.29 Å². The summed E-state index contributed by atoms with van der Waals surface area (Å²) in [6.07, 6.45) is 8.63. The Kier molecular flexibility index (Phi) is 7.36. The lowest BCUT2D eigenvalue weighted by Gasteiger charge is -2.22. The molecular weight excluding hydrogens is 288 g/mol. The summed E-state index contributed by atoms with van der Waals surface area (Å²) in [5, 5.41) is 1.57. The van der Waals surface area contributed by atoms with Crippen molar-refractivity contribution in [3.05, 3.63) is 42.0 Å². The Bertz CT molecular complexity index is 465. The van der Waals surface area contributed by atoms with Crippen molar-refractivity contribution in [3.8, 4) is 0 Å². The molecule has 121 valence electrons. The number of hydrogen-bond acceptors (Lipinski definition) is 2. The number of benzene rings is 1. The molecule has 22 heavy (non-hydrogen) atoms. The minimum atomic E-state index is -0.438. The molecule has 1 aliphatic heterocycles. The quantitative estimate of drug-likeness (QED) is 0.412. The van der Waals surface area contributed by atoms with E-state index in [9.17, 15) is 0 Å². The zero-order valence-corrected chi connectivity index (χ0v) is 15.1. The lowest BCUT2D eigenvalue weighted by Crippen LogP contribution is -2.28. The Hall–Kier alpha value is -0.903. The van der Waals surface area contributed by atoms with Gasteiger partial charge in [0.25, 0.3) is 0 Å². The Morgan fingerprint density at radius 2 is 2.23 bits per heavy atom. The predicted octanol–water partition coefficient (Wildman–Crippen LogP) is 3.85. The fourth-order valence-corrected chi connectivity index (χ4v) is 4.25. The molecule has 1 aromatic rings. The second kappa shape index (κ2) is 9.28. The molecule has 0 N–H and O–H groups in total. The van der Waals surface area contributed by atoms with Crippen molar-refractivity contribution in [1.29, 1.82) is 0 Å². The number of aryl methyl sites for hydroxylation is 1. The van der Waals surface area contributed by atoms with Gasteiger partial charge in [0.2, 0.25) is 0 Å². The zero-order valence-electron chi connectivity index (χ0n) is 14.1. The standard InChI is InChI=1S/C19H29O2Si/c1-4-8-16-11-12-17(18(15-16)22(2)3)9-7-14-21-19-10-5-6-13-20-19/h4,11-12,15,19H,1,5-10,13-14H2,2-3H3. The second-order valence-electron chi connectivity index (χ2n) is 6.25. The molecule has 1 saturated heterocycles. The Labute approximate surface area is 137 Å². The highest BCUT2D eigenvalue weighted by atomic mass is 28.3. The average Bonchev–Trinajstić information content (AvgIpc) is 2.53. The minimum Gasteiger partial charge on any atom is -0.353 e. The van der Waals surface area contributed by atoms with Crippen molar-refractivity contribution in [2.75, 3.05) is 13.2 Å². The van der Waals surface area contributed by atoms with Gasteiger partial charge in [-0.25, -0.2) is 0 Å². The first kappa shape index (κ1) is 17.5. The third kappa shape index (κ3) is 5.38. The molecular formula is C19H29O2Si. The molecule has 1 atom stereocenters. The van der Waals surface area contributed by atoms with E-state index in [0.717, 1.165) is 38.9 Å². The van der Waals surface area contributed by atoms with Gasteiger partial charge < -0.3 is 9.47 Å². The van der Waals surface area contributed by atoms with E-state index in [1.165, 1.54) is 24.0 Å². The van der Waals surface area contributed by atoms with Crippen molar-refractivity contribution in [3.63, 3.8) is 0 Å². The van der Waals surface area contributed by atoms with Crippen molar-refractivity contribution in [2.24, 2.45) is 0 Å². The van der Waals surface area contributed by atoms with Crippen molar-refractivity contribution >= 4 is 14.0 Å². The van der Waals surface area contributed by atoms with E-state index >= 15 is 0 Å². The maximum atomic E-state index is 5.84. The van der Waals surface area contributed by atoms with E-state index in [1.807, 2.05) is 6.08 Å². The van der Waals surface area contributed by atoms with Crippen LogP contribution in [-0.4, -0.2) is 28.3 Å². The SMILES string of the molecule is C=CCc1ccc(CCCOC2CCCCO2)c([Si](C)C)c1. The summed E-state index contributed by atoms with van der Waals surface area (Å²) in [5.41, 5.74) is 2.88. The second-order valence-corrected chi connectivity index (χ2v) is 8.79. The summed E-state index contributed by atoms with van der Waals surface area (Å²) in [6.45, 7) is 10.2. The number of allylic oxidation sites excluding steroid dienone is 1. The van der Waals surface area contributed by atoms with Crippen LogP contribution in [0.4, 0.5) is 0 Å². The normalized spacial score (nSPS) is 18.6. The number of hydrogen-bond donors (Lipinski definition) is 0. The molecule has 2 nitrogen and oxygen atoms in total. The summed E-state index contributed by atoms with van der Waals surface area (Å²) in [6, 6.07) is 6.94. The molecule has 1 aliphatic rings. The molecule has 1 unspecified atom stereocenters. The molecule has 0 aliphatic carbocycles. The largest absolute Gasteiger partial charge is 0.353 e. The van der Waals surface area contributed by atoms with Crippen LogP contribution in [0.3, 0.4) is 0 Å². The Morgan fingerprint density at radius 1 is 1.36 bits per heavy atom. The van der Waals surface area contributed by atoms with Gasteiger partial charge in [-0.15, -0.1) is 6.58 Å². The molecule has 1 heterocycles. The summed E-state index contributed by atoms with van der Waals surface area (Å²) in [4.78, 5) is 0. The van der Waals surface area contributed by atoms with Crippen molar-refractivity contribution in [2.45, 2.75) is 57.9 Å². The van der Waals surface area contributed by atoms with Gasteiger partial charge in [-0.1, -0.05) is 42.6 Å². The van der Waals surface area contributed by atoms with Crippen LogP contribution in [0.15, 0.2) is 30.9 Å². The van der Waals surface area contributed by atoms with Crippen LogP contribution in [0.1, 0.15) is 36.8 Å². The third-order valence-corrected chi connectivity index (χ3v) is 5.67. The Balaban J connectivity index is 1.84. The van der Waals surface area contributed by atoms with Crippen LogP contribution >= 0.6 is 0 Å². The van der Waals surface area contributed by atoms with Gasteiger partial charge in [-0.3, -0.25) is 0 Å². The zero-order chi connectivity index (χ0) is 15.8. The highest BCUT2D eigenvalue weighted by Gasteiger charge is 2.14. The van der Waals surface area contributed by atoms with E-state index in [4.69, 9.17) is 9.47 Å². The van der Waals surface area contributed by atoms with Crippen LogP contribution in [0.25, 0.3) is 0 Å². The number of rotatable bonds is 8. The third-order valence-electron chi connectivity index (χ3n) is 4.13. The van der Waals surface area contributed by atoms with Gasteiger partial charge in [0.1, 0.15) is 0 Å². The van der Waals surface area contributed by atoms with Gasteiger partial charge in [-0.2, -0.15) is 0 Å². The molecule has 0 saturated carbocycles. The maximum Gasteiger partial charge on any atom is 0.157 e. The highest BCUT2D eigenvalue weighted by Crippen LogP contribution is 2.14. The highest BCUT2D eigenvalue weighted by molar-refractivity contribution is 6.71. The lowest BCUT2D eigenvalue weighted by molar-refractivity contribution is -0.162. The van der Waals surface area contributed by atoms with E-state index in [2.05, 4.69) is 37.9 Å². The van der Waals surface area contributed by atoms with E-state index in [-0.39, 0.29) is 6.29 Å². The smallest absolute Gasteiger partial charge is 0.157 e. The van der Waals surface area contributed by atoms with E-state index in [0.29, 0.717) is 0 Å². The first-order chi connectivity index (χ1) is 10.7. The average molecular weight is 318 g/mol. The predicted molar refractivity (Wildman–Crippen MR) is 95.3 cm³/mol. The van der Waals surface area contributed by atoms with Crippen LogP contribution in [0.2, 0.25) is 13.1 Å². The topological polar surface area (TPSA) is 18.5 Å². The van der Waals surface area contributed by atoms with Crippen molar-refractivity contribution in [1.82, 2.24) is 0 Å². The van der Waals surface area contributed by atoms with Gasteiger partial charge >= 0.3 is 0 Å². The fourth-order valence-electron chi connectivity index (χ4n) is 2.92. The van der Waals surface area contributed by atoms with Gasteiger partial charge in [0, 0.05) is 6.61 Å². The first-order valence-corrected chi connectivity index (χ1v) is 11.0. The molecule has 1 radical (unpaired) electrons. The lowest BCUT2D eigenvalue weighted by atomic mass is 10.1.